The van der Waals surface area contributed by atoms with E-state index in [4.69, 9.17) is 16.3 Å². The quantitative estimate of drug-likeness (QED) is 0.690. The Balaban J connectivity index is 1.41. The van der Waals surface area contributed by atoms with Gasteiger partial charge in [0.05, 0.1) is 19.1 Å². The van der Waals surface area contributed by atoms with E-state index < -0.39 is 0 Å². The number of morpholine rings is 1. The Labute approximate surface area is 194 Å². The molecule has 7 heteroatoms. The molecule has 1 unspecified atom stereocenters. The molecule has 2 aliphatic rings. The molecule has 32 heavy (non-hydrogen) atoms. The topological polar surface area (TPSA) is 53.1 Å². The van der Waals surface area contributed by atoms with Crippen molar-refractivity contribution in [2.45, 2.75) is 19.4 Å². The Kier molecular flexibility index (Phi) is 7.33. The third-order valence-corrected chi connectivity index (χ3v) is 6.53. The molecule has 2 fully saturated rings. The fourth-order valence-corrected chi connectivity index (χ4v) is 4.67. The number of benzene rings is 2. The van der Waals surface area contributed by atoms with Gasteiger partial charge in [-0.25, -0.2) is 0 Å². The number of likely N-dealkylation sites (tertiary alicyclic amines) is 1. The number of nitrogens with zero attached hydrogens (tertiary/aromatic N) is 3. The zero-order chi connectivity index (χ0) is 22.5. The van der Waals surface area contributed by atoms with Crippen LogP contribution >= 0.6 is 11.6 Å². The van der Waals surface area contributed by atoms with Gasteiger partial charge in [0.2, 0.25) is 5.91 Å². The number of amides is 2. The normalized spacial score (nSPS) is 19.0. The van der Waals surface area contributed by atoms with Crippen molar-refractivity contribution in [3.8, 4) is 0 Å². The van der Waals surface area contributed by atoms with E-state index in [2.05, 4.69) is 17.0 Å². The third-order valence-electron chi connectivity index (χ3n) is 6.28. The van der Waals surface area contributed by atoms with Gasteiger partial charge in [-0.2, -0.15) is 0 Å². The minimum absolute atomic E-state index is 0.0421. The SMILES string of the molecule is CN(Cc1ccccc1N1CCOCC1)C(=O)C1CCCN(C(=O)c2ccc(Cl)cc2)C1. The van der Waals surface area contributed by atoms with Crippen molar-refractivity contribution in [3.05, 3.63) is 64.7 Å². The first-order valence-corrected chi connectivity index (χ1v) is 11.6. The van der Waals surface area contributed by atoms with Crippen molar-refractivity contribution in [1.82, 2.24) is 9.80 Å². The number of halogens is 1. The van der Waals surface area contributed by atoms with Gasteiger partial charge in [0, 0.05) is 56.0 Å². The molecule has 2 saturated heterocycles. The molecule has 4 rings (SSSR count). The highest BCUT2D eigenvalue weighted by Crippen LogP contribution is 2.25. The summed E-state index contributed by atoms with van der Waals surface area (Å²) in [5.41, 5.74) is 2.91. The van der Waals surface area contributed by atoms with Crippen LogP contribution in [0.3, 0.4) is 0 Å². The van der Waals surface area contributed by atoms with Crippen LogP contribution in [0.1, 0.15) is 28.8 Å². The van der Waals surface area contributed by atoms with Crippen molar-refractivity contribution < 1.29 is 14.3 Å². The molecular weight excluding hydrogens is 426 g/mol. The van der Waals surface area contributed by atoms with Crippen LogP contribution in [0.15, 0.2) is 48.5 Å². The summed E-state index contributed by atoms with van der Waals surface area (Å²) in [7, 11) is 1.86. The molecule has 2 heterocycles. The molecule has 0 spiro atoms. The van der Waals surface area contributed by atoms with E-state index in [9.17, 15) is 9.59 Å². The van der Waals surface area contributed by atoms with Crippen LogP contribution in [0.5, 0.6) is 0 Å². The Morgan fingerprint density at radius 2 is 1.78 bits per heavy atom. The van der Waals surface area contributed by atoms with Crippen molar-refractivity contribution in [3.63, 3.8) is 0 Å². The summed E-state index contributed by atoms with van der Waals surface area (Å²) >= 11 is 5.94. The molecule has 6 nitrogen and oxygen atoms in total. The maximum Gasteiger partial charge on any atom is 0.253 e. The first-order valence-electron chi connectivity index (χ1n) is 11.2. The average Bonchev–Trinajstić information content (AvgIpc) is 2.84. The molecule has 0 saturated carbocycles. The number of anilines is 1. The molecular formula is C25H30ClN3O3. The molecule has 2 amide bonds. The van der Waals surface area contributed by atoms with Gasteiger partial charge < -0.3 is 19.4 Å². The summed E-state index contributed by atoms with van der Waals surface area (Å²) in [5.74, 6) is -0.129. The number of para-hydroxylation sites is 1. The van der Waals surface area contributed by atoms with E-state index in [0.717, 1.165) is 44.7 Å². The fraction of sp³-hybridized carbons (Fsp3) is 0.440. The van der Waals surface area contributed by atoms with Crippen LogP contribution in [-0.4, -0.2) is 68.1 Å². The second-order valence-corrected chi connectivity index (χ2v) is 8.96. The Bertz CT molecular complexity index is 944. The number of hydrogen-bond donors (Lipinski definition) is 0. The summed E-state index contributed by atoms with van der Waals surface area (Å²) in [6.07, 6.45) is 1.63. The minimum Gasteiger partial charge on any atom is -0.378 e. The van der Waals surface area contributed by atoms with Crippen molar-refractivity contribution >= 4 is 29.1 Å². The number of carbonyl (C=O) groups excluding carboxylic acids is 2. The summed E-state index contributed by atoms with van der Waals surface area (Å²) in [6, 6.07) is 15.2. The Morgan fingerprint density at radius 3 is 2.53 bits per heavy atom. The maximum absolute atomic E-state index is 13.3. The lowest BCUT2D eigenvalue weighted by Gasteiger charge is -2.35. The van der Waals surface area contributed by atoms with E-state index in [1.54, 1.807) is 34.1 Å². The first kappa shape index (κ1) is 22.6. The van der Waals surface area contributed by atoms with E-state index in [1.807, 2.05) is 19.2 Å². The summed E-state index contributed by atoms with van der Waals surface area (Å²) in [5, 5.41) is 0.604. The number of hydrogen-bond acceptors (Lipinski definition) is 4. The molecule has 0 radical (unpaired) electrons. The van der Waals surface area contributed by atoms with Gasteiger partial charge in [0.1, 0.15) is 0 Å². The van der Waals surface area contributed by atoms with Gasteiger partial charge in [0.25, 0.3) is 5.91 Å². The summed E-state index contributed by atoms with van der Waals surface area (Å²) < 4.78 is 5.48. The van der Waals surface area contributed by atoms with E-state index in [-0.39, 0.29) is 17.7 Å². The van der Waals surface area contributed by atoms with Gasteiger partial charge in [-0.1, -0.05) is 29.8 Å². The molecule has 0 bridgehead atoms. The number of carbonyl (C=O) groups is 2. The summed E-state index contributed by atoms with van der Waals surface area (Å²) in [4.78, 5) is 32.1. The van der Waals surface area contributed by atoms with E-state index >= 15 is 0 Å². The highest BCUT2D eigenvalue weighted by atomic mass is 35.5. The van der Waals surface area contributed by atoms with Gasteiger partial charge in [0.15, 0.2) is 0 Å². The smallest absolute Gasteiger partial charge is 0.253 e. The number of ether oxygens (including phenoxy) is 1. The van der Waals surface area contributed by atoms with Crippen LogP contribution in [0, 0.1) is 5.92 Å². The van der Waals surface area contributed by atoms with Crippen LogP contribution in [-0.2, 0) is 16.1 Å². The monoisotopic (exact) mass is 455 g/mol. The zero-order valence-electron chi connectivity index (χ0n) is 18.5. The van der Waals surface area contributed by atoms with Crippen LogP contribution in [0.4, 0.5) is 5.69 Å². The summed E-state index contributed by atoms with van der Waals surface area (Å²) in [6.45, 7) is 4.85. The molecule has 0 aliphatic carbocycles. The third kappa shape index (κ3) is 5.25. The van der Waals surface area contributed by atoms with Crippen LogP contribution < -0.4 is 4.90 Å². The van der Waals surface area contributed by atoms with Crippen LogP contribution in [0.25, 0.3) is 0 Å². The zero-order valence-corrected chi connectivity index (χ0v) is 19.3. The molecule has 170 valence electrons. The van der Waals surface area contributed by atoms with Gasteiger partial charge in [-0.15, -0.1) is 0 Å². The van der Waals surface area contributed by atoms with Crippen molar-refractivity contribution in [1.29, 1.82) is 0 Å². The Morgan fingerprint density at radius 1 is 1.06 bits per heavy atom. The second-order valence-electron chi connectivity index (χ2n) is 8.52. The number of rotatable bonds is 5. The van der Waals surface area contributed by atoms with Gasteiger partial charge >= 0.3 is 0 Å². The molecule has 2 aromatic rings. The average molecular weight is 456 g/mol. The number of piperidine rings is 1. The molecule has 0 aromatic heterocycles. The second kappa shape index (κ2) is 10.4. The lowest BCUT2D eigenvalue weighted by molar-refractivity contribution is -0.136. The van der Waals surface area contributed by atoms with Gasteiger partial charge in [-0.3, -0.25) is 9.59 Å². The molecule has 2 aliphatic heterocycles. The molecule has 1 atom stereocenters. The van der Waals surface area contributed by atoms with Crippen molar-refractivity contribution in [2.24, 2.45) is 5.92 Å². The maximum atomic E-state index is 13.3. The Hall–Kier alpha value is -2.57. The largest absolute Gasteiger partial charge is 0.378 e. The first-order chi connectivity index (χ1) is 15.5. The fourth-order valence-electron chi connectivity index (χ4n) is 4.54. The van der Waals surface area contributed by atoms with Crippen molar-refractivity contribution in [2.75, 3.05) is 51.3 Å². The van der Waals surface area contributed by atoms with E-state index in [0.29, 0.717) is 30.2 Å². The highest BCUT2D eigenvalue weighted by molar-refractivity contribution is 6.30. The lowest BCUT2D eigenvalue weighted by Crippen LogP contribution is -2.45. The molecule has 0 N–H and O–H groups in total. The minimum atomic E-state index is -0.180. The molecule has 2 aromatic carbocycles. The lowest BCUT2D eigenvalue weighted by atomic mass is 9.95. The van der Waals surface area contributed by atoms with Gasteiger partial charge in [-0.05, 0) is 48.7 Å². The highest BCUT2D eigenvalue weighted by Gasteiger charge is 2.31. The standard InChI is InChI=1S/C25H30ClN3O3/c1-27(17-20-5-2-3-7-23(20)28-13-15-32-16-14-28)24(30)21-6-4-12-29(18-21)25(31)19-8-10-22(26)11-9-19/h2-3,5,7-11,21H,4,6,12-18H2,1H3. The van der Waals surface area contributed by atoms with E-state index in [1.165, 1.54) is 5.69 Å². The van der Waals surface area contributed by atoms with Crippen LogP contribution in [0.2, 0.25) is 5.02 Å². The predicted octanol–water partition coefficient (Wildman–Crippen LogP) is 3.69. The predicted molar refractivity (Wildman–Crippen MR) is 126 cm³/mol.